The van der Waals surface area contributed by atoms with Crippen LogP contribution in [0.15, 0.2) is 54.6 Å². The molecule has 1 saturated heterocycles. The van der Waals surface area contributed by atoms with Crippen LogP contribution in [0.1, 0.15) is 21.5 Å². The van der Waals surface area contributed by atoms with Gasteiger partial charge in [-0.25, -0.2) is 5.48 Å². The van der Waals surface area contributed by atoms with Gasteiger partial charge in [0.2, 0.25) is 0 Å². The molecule has 1 aliphatic heterocycles. The summed E-state index contributed by atoms with van der Waals surface area (Å²) in [5, 5.41) is 9.08. The quantitative estimate of drug-likeness (QED) is 0.321. The van der Waals surface area contributed by atoms with Crippen LogP contribution in [0.5, 0.6) is 0 Å². The van der Waals surface area contributed by atoms with Gasteiger partial charge in [-0.1, -0.05) is 35.9 Å². The number of nitrogens with one attached hydrogen (secondary N) is 1. The molecule has 6 nitrogen and oxygen atoms in total. The monoisotopic (exact) mass is 425 g/mol. The van der Waals surface area contributed by atoms with E-state index in [1.807, 2.05) is 36.4 Å². The van der Waals surface area contributed by atoms with Gasteiger partial charge in [-0.3, -0.25) is 14.8 Å². The Morgan fingerprint density at radius 2 is 1.67 bits per heavy atom. The SMILES string of the molecule is CN1CCN(c2cc(Cl)cc(C(=O)C=Cc3cccc(C=CC(=O)NO)c3)c2)CC1. The lowest BCUT2D eigenvalue weighted by Gasteiger charge is -2.34. The second kappa shape index (κ2) is 10.2. The Kier molecular flexibility index (Phi) is 7.41. The van der Waals surface area contributed by atoms with Crippen LogP contribution in [0.3, 0.4) is 0 Å². The van der Waals surface area contributed by atoms with Gasteiger partial charge in [0.1, 0.15) is 0 Å². The van der Waals surface area contributed by atoms with Gasteiger partial charge >= 0.3 is 0 Å². The minimum atomic E-state index is -0.608. The average molecular weight is 426 g/mol. The lowest BCUT2D eigenvalue weighted by atomic mass is 10.1. The zero-order valence-electron chi connectivity index (χ0n) is 16.7. The molecule has 156 valence electrons. The van der Waals surface area contributed by atoms with Crippen molar-refractivity contribution >= 4 is 41.1 Å². The number of hydroxylamine groups is 1. The van der Waals surface area contributed by atoms with E-state index in [1.165, 1.54) is 12.2 Å². The second-order valence-corrected chi connectivity index (χ2v) is 7.60. The second-order valence-electron chi connectivity index (χ2n) is 7.17. The number of carbonyl (C=O) groups is 2. The fraction of sp³-hybridized carbons (Fsp3) is 0.217. The van der Waals surface area contributed by atoms with Crippen molar-refractivity contribution in [2.75, 3.05) is 38.1 Å². The highest BCUT2D eigenvalue weighted by Crippen LogP contribution is 2.24. The van der Waals surface area contributed by atoms with E-state index >= 15 is 0 Å². The van der Waals surface area contributed by atoms with E-state index in [0.29, 0.717) is 10.6 Å². The summed E-state index contributed by atoms with van der Waals surface area (Å²) in [6, 6.07) is 12.8. The summed E-state index contributed by atoms with van der Waals surface area (Å²) >= 11 is 6.28. The van der Waals surface area contributed by atoms with Crippen LogP contribution >= 0.6 is 11.6 Å². The summed E-state index contributed by atoms with van der Waals surface area (Å²) < 4.78 is 0. The largest absolute Gasteiger partial charge is 0.369 e. The standard InChI is InChI=1S/C23H24ClN3O3/c1-26-9-11-27(12-10-26)21-15-19(14-20(24)16-21)22(28)7-5-17-3-2-4-18(13-17)6-8-23(29)25-30/h2-8,13-16,30H,9-12H2,1H3,(H,25,29). The summed E-state index contributed by atoms with van der Waals surface area (Å²) in [7, 11) is 2.10. The van der Waals surface area contributed by atoms with Crippen molar-refractivity contribution in [2.45, 2.75) is 0 Å². The lowest BCUT2D eigenvalue weighted by Crippen LogP contribution is -2.44. The van der Waals surface area contributed by atoms with E-state index in [1.54, 1.807) is 23.7 Å². The number of anilines is 1. The van der Waals surface area contributed by atoms with Crippen molar-refractivity contribution in [3.63, 3.8) is 0 Å². The number of halogens is 1. The third-order valence-corrected chi connectivity index (χ3v) is 5.13. The molecule has 0 spiro atoms. The highest BCUT2D eigenvalue weighted by Gasteiger charge is 2.16. The van der Waals surface area contributed by atoms with Crippen molar-refractivity contribution in [2.24, 2.45) is 0 Å². The maximum atomic E-state index is 12.7. The number of piperazine rings is 1. The molecule has 3 rings (SSSR count). The number of amides is 1. The van der Waals surface area contributed by atoms with Crippen molar-refractivity contribution in [1.82, 2.24) is 10.4 Å². The van der Waals surface area contributed by atoms with Crippen LogP contribution < -0.4 is 10.4 Å². The van der Waals surface area contributed by atoms with Crippen LogP contribution in [0.2, 0.25) is 5.02 Å². The van der Waals surface area contributed by atoms with E-state index in [2.05, 4.69) is 16.8 Å². The minimum Gasteiger partial charge on any atom is -0.369 e. The van der Waals surface area contributed by atoms with Gasteiger partial charge in [0, 0.05) is 48.5 Å². The summed E-state index contributed by atoms with van der Waals surface area (Å²) in [6.07, 6.45) is 6.04. The van der Waals surface area contributed by atoms with Crippen LogP contribution in [0.25, 0.3) is 12.2 Å². The van der Waals surface area contributed by atoms with Gasteiger partial charge in [0.15, 0.2) is 5.78 Å². The van der Waals surface area contributed by atoms with E-state index < -0.39 is 5.91 Å². The Labute approximate surface area is 181 Å². The summed E-state index contributed by atoms with van der Waals surface area (Å²) in [4.78, 5) is 28.3. The van der Waals surface area contributed by atoms with Crippen molar-refractivity contribution < 1.29 is 14.8 Å². The molecule has 7 heteroatoms. The molecule has 1 fully saturated rings. The molecule has 0 radical (unpaired) electrons. The summed E-state index contributed by atoms with van der Waals surface area (Å²) in [5.41, 5.74) is 4.63. The lowest BCUT2D eigenvalue weighted by molar-refractivity contribution is -0.124. The Bertz CT molecular complexity index is 979. The number of allylic oxidation sites excluding steroid dienone is 1. The molecule has 2 N–H and O–H groups in total. The first-order valence-corrected chi connectivity index (χ1v) is 10.0. The smallest absolute Gasteiger partial charge is 0.267 e. The molecule has 0 unspecified atom stereocenters. The van der Waals surface area contributed by atoms with Gasteiger partial charge in [-0.05, 0) is 54.6 Å². The van der Waals surface area contributed by atoms with Crippen molar-refractivity contribution in [1.29, 1.82) is 0 Å². The van der Waals surface area contributed by atoms with Gasteiger partial charge in [-0.2, -0.15) is 0 Å². The summed E-state index contributed by atoms with van der Waals surface area (Å²) in [6.45, 7) is 3.74. The number of rotatable bonds is 6. The minimum absolute atomic E-state index is 0.131. The molecule has 0 aromatic heterocycles. The van der Waals surface area contributed by atoms with E-state index in [9.17, 15) is 9.59 Å². The molecule has 2 aromatic carbocycles. The molecule has 1 heterocycles. The molecule has 0 bridgehead atoms. The van der Waals surface area contributed by atoms with Crippen LogP contribution in [-0.2, 0) is 4.79 Å². The van der Waals surface area contributed by atoms with Crippen LogP contribution in [0.4, 0.5) is 5.69 Å². The highest BCUT2D eigenvalue weighted by atomic mass is 35.5. The van der Waals surface area contributed by atoms with Gasteiger partial charge in [0.25, 0.3) is 5.91 Å². The number of ketones is 1. The van der Waals surface area contributed by atoms with Crippen molar-refractivity contribution in [3.8, 4) is 0 Å². The Morgan fingerprint density at radius 3 is 2.33 bits per heavy atom. The normalized spacial score (nSPS) is 15.1. The number of likely N-dealkylation sites (N-methyl/N-ethyl adjacent to an activating group) is 1. The molecular formula is C23H24ClN3O3. The van der Waals surface area contributed by atoms with E-state index in [4.69, 9.17) is 16.8 Å². The number of nitrogens with zero attached hydrogens (tertiary/aromatic N) is 2. The summed E-state index contributed by atoms with van der Waals surface area (Å²) in [5.74, 6) is -0.739. The predicted octanol–water partition coefficient (Wildman–Crippen LogP) is 3.51. The predicted molar refractivity (Wildman–Crippen MR) is 120 cm³/mol. The van der Waals surface area contributed by atoms with E-state index in [0.717, 1.165) is 43.0 Å². The van der Waals surface area contributed by atoms with Gasteiger partial charge in [-0.15, -0.1) is 0 Å². The number of benzene rings is 2. The third-order valence-electron chi connectivity index (χ3n) is 4.91. The van der Waals surface area contributed by atoms with Crippen LogP contribution in [0, 0.1) is 0 Å². The Hall–Kier alpha value is -2.93. The Morgan fingerprint density at radius 1 is 1.00 bits per heavy atom. The highest BCUT2D eigenvalue weighted by molar-refractivity contribution is 6.31. The maximum Gasteiger partial charge on any atom is 0.267 e. The molecule has 0 saturated carbocycles. The first-order chi connectivity index (χ1) is 14.4. The molecule has 0 atom stereocenters. The first-order valence-electron chi connectivity index (χ1n) is 9.63. The van der Waals surface area contributed by atoms with Crippen LogP contribution in [-0.4, -0.2) is 55.0 Å². The molecule has 1 amide bonds. The molecule has 0 aliphatic carbocycles. The third kappa shape index (κ3) is 6.03. The fourth-order valence-corrected chi connectivity index (χ4v) is 3.44. The first kappa shape index (κ1) is 21.8. The topological polar surface area (TPSA) is 72.9 Å². The molecule has 1 aliphatic rings. The van der Waals surface area contributed by atoms with Gasteiger partial charge < -0.3 is 9.80 Å². The number of hydrogen-bond acceptors (Lipinski definition) is 5. The van der Waals surface area contributed by atoms with E-state index in [-0.39, 0.29) is 5.78 Å². The maximum absolute atomic E-state index is 12.7. The molecule has 2 aromatic rings. The van der Waals surface area contributed by atoms with Crippen molar-refractivity contribution in [3.05, 3.63) is 76.3 Å². The zero-order valence-corrected chi connectivity index (χ0v) is 17.5. The van der Waals surface area contributed by atoms with Gasteiger partial charge in [0.05, 0.1) is 0 Å². The number of hydrogen-bond donors (Lipinski definition) is 2. The zero-order chi connectivity index (χ0) is 21.5. The number of carbonyl (C=O) groups excluding carboxylic acids is 2. The fourth-order valence-electron chi connectivity index (χ4n) is 3.21. The molecular weight excluding hydrogens is 402 g/mol. The molecule has 30 heavy (non-hydrogen) atoms. The average Bonchev–Trinajstić information content (AvgIpc) is 2.76. The Balaban J connectivity index is 1.73.